The first-order valence-electron chi connectivity index (χ1n) is 10.8. The van der Waals surface area contributed by atoms with Gasteiger partial charge >= 0.3 is 11.8 Å². The normalized spacial score (nSPS) is 29.4. The Morgan fingerprint density at radius 1 is 0.967 bits per heavy atom. The van der Waals surface area contributed by atoms with Crippen LogP contribution in [0, 0.1) is 24.7 Å². The van der Waals surface area contributed by atoms with Crippen LogP contribution < -0.4 is 16.1 Å². The zero-order valence-electron chi connectivity index (χ0n) is 17.7. The quantitative estimate of drug-likeness (QED) is 0.395. The number of nitrogens with one attached hydrogen (secondary N) is 3. The van der Waals surface area contributed by atoms with Crippen LogP contribution in [-0.2, 0) is 14.4 Å². The van der Waals surface area contributed by atoms with Crippen molar-refractivity contribution in [1.29, 1.82) is 0 Å². The van der Waals surface area contributed by atoms with Crippen molar-refractivity contribution in [2.45, 2.75) is 64.3 Å². The number of hydrazone groups is 1. The van der Waals surface area contributed by atoms with E-state index in [2.05, 4.69) is 21.2 Å². The van der Waals surface area contributed by atoms with Gasteiger partial charge in [0.15, 0.2) is 0 Å². The molecule has 1 aromatic rings. The summed E-state index contributed by atoms with van der Waals surface area (Å²) in [5.41, 5.74) is 4.26. The summed E-state index contributed by atoms with van der Waals surface area (Å²) in [7, 11) is 0. The molecule has 0 aliphatic heterocycles. The van der Waals surface area contributed by atoms with Gasteiger partial charge in [-0.25, -0.2) is 5.43 Å². The van der Waals surface area contributed by atoms with Gasteiger partial charge in [0, 0.05) is 16.9 Å². The van der Waals surface area contributed by atoms with Crippen LogP contribution in [0.4, 0.5) is 5.69 Å². The molecule has 4 aliphatic carbocycles. The van der Waals surface area contributed by atoms with Crippen molar-refractivity contribution in [3.63, 3.8) is 0 Å². The summed E-state index contributed by atoms with van der Waals surface area (Å²) < 4.78 is 0. The molecule has 5 rings (SSSR count). The third-order valence-electron chi connectivity index (χ3n) is 6.72. The minimum Gasteiger partial charge on any atom is -0.350 e. The van der Waals surface area contributed by atoms with Crippen LogP contribution in [-0.4, -0.2) is 29.0 Å². The van der Waals surface area contributed by atoms with Crippen LogP contribution in [0.2, 0.25) is 0 Å². The largest absolute Gasteiger partial charge is 0.350 e. The summed E-state index contributed by atoms with van der Waals surface area (Å²) in [6.45, 7) is 3.62. The third kappa shape index (κ3) is 4.71. The van der Waals surface area contributed by atoms with E-state index in [1.807, 2.05) is 19.1 Å². The lowest BCUT2D eigenvalue weighted by atomic mass is 9.53. The second kappa shape index (κ2) is 8.20. The minimum absolute atomic E-state index is 0.0384. The molecule has 4 bridgehead atoms. The molecule has 7 heteroatoms. The van der Waals surface area contributed by atoms with Crippen molar-refractivity contribution < 1.29 is 14.4 Å². The fourth-order valence-corrected chi connectivity index (χ4v) is 5.90. The number of carbonyl (C=O) groups is 3. The van der Waals surface area contributed by atoms with Crippen LogP contribution in [0.5, 0.6) is 0 Å². The summed E-state index contributed by atoms with van der Waals surface area (Å²) in [5, 5.41) is 9.74. The number of nitrogens with zero attached hydrogens (tertiary/aromatic N) is 1. The van der Waals surface area contributed by atoms with Crippen LogP contribution in [0.15, 0.2) is 29.4 Å². The van der Waals surface area contributed by atoms with Crippen molar-refractivity contribution in [2.75, 3.05) is 5.32 Å². The van der Waals surface area contributed by atoms with E-state index in [1.165, 1.54) is 19.3 Å². The Labute approximate surface area is 177 Å². The van der Waals surface area contributed by atoms with Gasteiger partial charge < -0.3 is 10.6 Å². The molecule has 4 aliphatic rings. The number of aryl methyl sites for hydroxylation is 1. The van der Waals surface area contributed by atoms with Crippen molar-refractivity contribution in [2.24, 2.45) is 22.9 Å². The molecule has 0 aromatic heterocycles. The molecule has 3 N–H and O–H groups in total. The maximum atomic E-state index is 12.6. The van der Waals surface area contributed by atoms with Gasteiger partial charge in [-0.2, -0.15) is 5.10 Å². The van der Waals surface area contributed by atoms with E-state index in [1.54, 1.807) is 19.1 Å². The number of carbonyl (C=O) groups excluding carboxylic acids is 3. The van der Waals surface area contributed by atoms with Crippen molar-refractivity contribution in [3.8, 4) is 0 Å². The summed E-state index contributed by atoms with van der Waals surface area (Å²) in [4.78, 5) is 36.6. The van der Waals surface area contributed by atoms with Crippen LogP contribution in [0.3, 0.4) is 0 Å². The van der Waals surface area contributed by atoms with Crippen LogP contribution in [0.1, 0.15) is 57.4 Å². The lowest BCUT2D eigenvalue weighted by molar-refractivity contribution is -0.136. The summed E-state index contributed by atoms with van der Waals surface area (Å²) in [6.07, 6.45) is 7.37. The number of anilines is 1. The van der Waals surface area contributed by atoms with Gasteiger partial charge in [0.25, 0.3) is 0 Å². The van der Waals surface area contributed by atoms with Gasteiger partial charge in [-0.1, -0.05) is 17.7 Å². The molecule has 0 heterocycles. The molecule has 0 radical (unpaired) electrons. The highest BCUT2D eigenvalue weighted by Gasteiger charge is 2.51. The zero-order valence-corrected chi connectivity index (χ0v) is 17.7. The predicted octanol–water partition coefficient (Wildman–Crippen LogP) is 2.90. The molecule has 30 heavy (non-hydrogen) atoms. The highest BCUT2D eigenvalue weighted by atomic mass is 16.2. The topological polar surface area (TPSA) is 99.7 Å². The number of hydrogen-bond donors (Lipinski definition) is 3. The van der Waals surface area contributed by atoms with Crippen LogP contribution >= 0.6 is 0 Å². The minimum atomic E-state index is -0.864. The number of rotatable bonds is 5. The summed E-state index contributed by atoms with van der Waals surface area (Å²) in [5.74, 6) is 0.564. The first kappa shape index (κ1) is 20.6. The van der Waals surface area contributed by atoms with E-state index in [0.717, 1.165) is 42.6 Å². The van der Waals surface area contributed by atoms with Gasteiger partial charge in [0.05, 0.1) is 6.42 Å². The Kier molecular flexibility index (Phi) is 5.62. The third-order valence-corrected chi connectivity index (χ3v) is 6.72. The first-order valence-corrected chi connectivity index (χ1v) is 10.8. The molecular formula is C23H30N4O3. The lowest BCUT2D eigenvalue weighted by Crippen LogP contribution is -2.60. The van der Waals surface area contributed by atoms with E-state index < -0.39 is 11.8 Å². The maximum Gasteiger partial charge on any atom is 0.329 e. The molecule has 1 aromatic carbocycles. The van der Waals surface area contributed by atoms with E-state index in [-0.39, 0.29) is 17.9 Å². The molecule has 0 atom stereocenters. The second-order valence-electron chi connectivity index (χ2n) is 9.53. The molecule has 0 spiro atoms. The monoisotopic (exact) mass is 410 g/mol. The fraction of sp³-hybridized carbons (Fsp3) is 0.565. The molecular weight excluding hydrogens is 380 g/mol. The Balaban J connectivity index is 1.25. The van der Waals surface area contributed by atoms with E-state index in [4.69, 9.17) is 0 Å². The Morgan fingerprint density at radius 2 is 1.53 bits per heavy atom. The summed E-state index contributed by atoms with van der Waals surface area (Å²) in [6, 6.07) is 7.14. The average Bonchev–Trinajstić information content (AvgIpc) is 2.66. The molecule has 0 unspecified atom stereocenters. The van der Waals surface area contributed by atoms with Gasteiger partial charge in [-0.3, -0.25) is 14.4 Å². The molecule has 7 nitrogen and oxygen atoms in total. The van der Waals surface area contributed by atoms with Crippen molar-refractivity contribution >= 4 is 29.1 Å². The first-order chi connectivity index (χ1) is 14.3. The SMILES string of the molecule is CC(CC(=O)NC12CC3CC(CC(C3)C1)C2)=NNC(=O)C(=O)Nc1ccc(C)cc1. The Bertz CT molecular complexity index is 840. The standard InChI is InChI=1S/C23H30N4O3/c1-14-3-5-19(6-4-14)24-21(29)22(30)27-26-15(2)7-20(28)25-23-11-16-8-17(12-23)10-18(9-16)13-23/h3-6,16-18H,7-13H2,1-2H3,(H,24,29)(H,25,28)(H,27,30). The maximum absolute atomic E-state index is 12.6. The molecule has 4 saturated carbocycles. The van der Waals surface area contributed by atoms with E-state index >= 15 is 0 Å². The lowest BCUT2D eigenvalue weighted by Gasteiger charge is -2.56. The summed E-state index contributed by atoms with van der Waals surface area (Å²) >= 11 is 0. The smallest absolute Gasteiger partial charge is 0.329 e. The van der Waals surface area contributed by atoms with Crippen molar-refractivity contribution in [1.82, 2.24) is 10.7 Å². The van der Waals surface area contributed by atoms with Crippen LogP contribution in [0.25, 0.3) is 0 Å². The molecule has 160 valence electrons. The Morgan fingerprint density at radius 3 is 2.10 bits per heavy atom. The van der Waals surface area contributed by atoms with E-state index in [0.29, 0.717) is 11.4 Å². The number of benzene rings is 1. The molecule has 4 fully saturated rings. The van der Waals surface area contributed by atoms with Gasteiger partial charge in [0.1, 0.15) is 0 Å². The van der Waals surface area contributed by atoms with E-state index in [9.17, 15) is 14.4 Å². The van der Waals surface area contributed by atoms with Gasteiger partial charge in [0.2, 0.25) is 5.91 Å². The molecule has 0 saturated heterocycles. The Hall–Kier alpha value is -2.70. The highest BCUT2D eigenvalue weighted by molar-refractivity contribution is 6.39. The fourth-order valence-electron chi connectivity index (χ4n) is 5.90. The zero-order chi connectivity index (χ0) is 21.3. The molecule has 3 amide bonds. The number of hydrogen-bond acceptors (Lipinski definition) is 4. The van der Waals surface area contributed by atoms with Crippen molar-refractivity contribution in [3.05, 3.63) is 29.8 Å². The van der Waals surface area contributed by atoms with Gasteiger partial charge in [-0.15, -0.1) is 0 Å². The second-order valence-corrected chi connectivity index (χ2v) is 9.53. The average molecular weight is 411 g/mol. The predicted molar refractivity (Wildman–Crippen MR) is 115 cm³/mol. The highest BCUT2D eigenvalue weighted by Crippen LogP contribution is 2.55. The number of amides is 3. The van der Waals surface area contributed by atoms with Gasteiger partial charge in [-0.05, 0) is 82.3 Å².